The molecule has 2 aromatic carbocycles. The highest BCUT2D eigenvalue weighted by atomic mass is 16.5. The molecule has 0 bridgehead atoms. The van der Waals surface area contributed by atoms with Crippen LogP contribution in [-0.4, -0.2) is 65.2 Å². The molecule has 0 spiro atoms. The number of quaternary nitrogens is 1. The van der Waals surface area contributed by atoms with Crippen molar-refractivity contribution in [2.75, 3.05) is 44.7 Å². The van der Waals surface area contributed by atoms with E-state index in [1.54, 1.807) is 0 Å². The van der Waals surface area contributed by atoms with E-state index in [2.05, 4.69) is 51.2 Å². The van der Waals surface area contributed by atoms with E-state index in [-0.39, 0.29) is 5.69 Å². The van der Waals surface area contributed by atoms with Gasteiger partial charge in [0.1, 0.15) is 18.8 Å². The lowest BCUT2D eigenvalue weighted by Crippen LogP contribution is -2.60. The van der Waals surface area contributed by atoms with Crippen LogP contribution in [0.1, 0.15) is 19.3 Å². The number of hydrogen-bond acceptors (Lipinski definition) is 5. The van der Waals surface area contributed by atoms with Gasteiger partial charge in [0.15, 0.2) is 5.65 Å². The standard InChI is InChI=1S/C26H29N5O3/c1-31(14-12-30(13-15-31)20-7-3-2-4-8-20)24(32)9-5-6-16-34-21-10-11-22-19(17-21)18-23-25(27-22)29-26(33)28-23/h2-4,7-8,10-11,17-18H,5-6,9,12-16H2,1H3,(H-,27,28,29,33)/p+1. The SMILES string of the molecule is C[N+]1(C(=O)CCCCOc2ccc3nc4[nH]c(=O)[nH]c4cc3c2)CCN(c2ccccc2)CC1. The minimum absolute atomic E-state index is 0.266. The summed E-state index contributed by atoms with van der Waals surface area (Å²) in [5.41, 5.74) is 2.99. The fourth-order valence-electron chi connectivity index (χ4n) is 4.59. The number of anilines is 1. The Balaban J connectivity index is 1.08. The van der Waals surface area contributed by atoms with Crippen molar-refractivity contribution in [2.24, 2.45) is 0 Å². The van der Waals surface area contributed by atoms with E-state index in [1.807, 2.05) is 30.3 Å². The van der Waals surface area contributed by atoms with Gasteiger partial charge < -0.3 is 14.6 Å². The summed E-state index contributed by atoms with van der Waals surface area (Å²) in [6.45, 7) is 4.04. The minimum atomic E-state index is -0.266. The molecular weight excluding hydrogens is 430 g/mol. The van der Waals surface area contributed by atoms with E-state index >= 15 is 0 Å². The zero-order valence-electron chi connectivity index (χ0n) is 19.4. The van der Waals surface area contributed by atoms with E-state index < -0.39 is 0 Å². The van der Waals surface area contributed by atoms with Crippen LogP contribution >= 0.6 is 0 Å². The number of carbonyl (C=O) groups is 1. The van der Waals surface area contributed by atoms with Gasteiger partial charge in [-0.15, -0.1) is 0 Å². The Morgan fingerprint density at radius 2 is 1.85 bits per heavy atom. The van der Waals surface area contributed by atoms with E-state index in [4.69, 9.17) is 4.74 Å². The number of amides is 1. The molecule has 0 radical (unpaired) electrons. The molecule has 0 saturated carbocycles. The smallest absolute Gasteiger partial charge is 0.325 e. The van der Waals surface area contributed by atoms with Crippen LogP contribution in [-0.2, 0) is 4.79 Å². The van der Waals surface area contributed by atoms with Crippen molar-refractivity contribution in [1.29, 1.82) is 0 Å². The Bertz CT molecular complexity index is 1350. The first kappa shape index (κ1) is 22.2. The summed E-state index contributed by atoms with van der Waals surface area (Å²) >= 11 is 0. The number of unbranched alkanes of at least 4 members (excludes halogenated alkanes) is 1. The summed E-state index contributed by atoms with van der Waals surface area (Å²) in [6.07, 6.45) is 2.21. The Hall–Kier alpha value is -3.65. The van der Waals surface area contributed by atoms with Crippen molar-refractivity contribution >= 4 is 33.7 Å². The monoisotopic (exact) mass is 460 g/mol. The third kappa shape index (κ3) is 4.68. The maximum atomic E-state index is 12.9. The first-order valence-corrected chi connectivity index (χ1v) is 11.8. The van der Waals surface area contributed by atoms with Gasteiger partial charge in [0.2, 0.25) is 0 Å². The molecule has 1 saturated heterocycles. The highest BCUT2D eigenvalue weighted by Crippen LogP contribution is 2.23. The molecule has 5 rings (SSSR count). The number of piperazine rings is 1. The van der Waals surface area contributed by atoms with Crippen LogP contribution in [0.15, 0.2) is 59.4 Å². The van der Waals surface area contributed by atoms with Crippen LogP contribution in [0.4, 0.5) is 5.69 Å². The lowest BCUT2D eigenvalue weighted by molar-refractivity contribution is -0.835. The molecule has 1 amide bonds. The Labute approximate surface area is 197 Å². The zero-order chi connectivity index (χ0) is 23.5. The number of likely N-dealkylation sites (N-methyl/N-ethyl adjacent to an activating group) is 1. The van der Waals surface area contributed by atoms with E-state index in [1.165, 1.54) is 5.69 Å². The molecule has 0 unspecified atom stereocenters. The second-order valence-electron chi connectivity index (χ2n) is 9.18. The number of para-hydroxylation sites is 1. The van der Waals surface area contributed by atoms with Crippen LogP contribution in [0.5, 0.6) is 5.75 Å². The molecule has 176 valence electrons. The highest BCUT2D eigenvalue weighted by molar-refractivity contribution is 5.90. The molecule has 1 aliphatic rings. The van der Waals surface area contributed by atoms with Crippen LogP contribution in [0.25, 0.3) is 22.1 Å². The highest BCUT2D eigenvalue weighted by Gasteiger charge is 2.35. The van der Waals surface area contributed by atoms with Crippen molar-refractivity contribution < 1.29 is 14.0 Å². The molecule has 0 aliphatic carbocycles. The van der Waals surface area contributed by atoms with Crippen LogP contribution in [0.3, 0.4) is 0 Å². The van der Waals surface area contributed by atoms with Crippen molar-refractivity contribution in [3.63, 3.8) is 0 Å². The molecule has 1 aliphatic heterocycles. The average molecular weight is 461 g/mol. The van der Waals surface area contributed by atoms with Gasteiger partial charge in [0.25, 0.3) is 0 Å². The quantitative estimate of drug-likeness (QED) is 0.326. The number of H-pyrrole nitrogens is 2. The number of rotatable bonds is 7. The van der Waals surface area contributed by atoms with Gasteiger partial charge in [-0.05, 0) is 49.2 Å². The van der Waals surface area contributed by atoms with Gasteiger partial charge in [0.05, 0.1) is 44.2 Å². The largest absolute Gasteiger partial charge is 0.494 e. The number of fused-ring (bicyclic) bond motifs is 2. The van der Waals surface area contributed by atoms with Gasteiger partial charge in [-0.2, -0.15) is 0 Å². The maximum Gasteiger partial charge on any atom is 0.325 e. The van der Waals surface area contributed by atoms with Gasteiger partial charge in [-0.1, -0.05) is 18.2 Å². The van der Waals surface area contributed by atoms with Crippen LogP contribution in [0.2, 0.25) is 0 Å². The predicted molar refractivity (Wildman–Crippen MR) is 133 cm³/mol. The number of pyridine rings is 1. The van der Waals surface area contributed by atoms with E-state index in [0.717, 1.165) is 55.7 Å². The second-order valence-corrected chi connectivity index (χ2v) is 9.18. The normalized spacial score (nSPS) is 15.6. The fourth-order valence-corrected chi connectivity index (χ4v) is 4.59. The summed E-state index contributed by atoms with van der Waals surface area (Å²) < 4.78 is 6.43. The molecule has 8 nitrogen and oxygen atoms in total. The molecule has 34 heavy (non-hydrogen) atoms. The van der Waals surface area contributed by atoms with Crippen molar-refractivity contribution in [2.45, 2.75) is 19.3 Å². The summed E-state index contributed by atoms with van der Waals surface area (Å²) in [5, 5.41) is 0.905. The number of aromatic amines is 2. The second kappa shape index (κ2) is 9.30. The van der Waals surface area contributed by atoms with Gasteiger partial charge >= 0.3 is 11.6 Å². The zero-order valence-corrected chi connectivity index (χ0v) is 19.4. The van der Waals surface area contributed by atoms with Crippen LogP contribution in [0, 0.1) is 0 Å². The fraction of sp³-hybridized carbons (Fsp3) is 0.346. The lowest BCUT2D eigenvalue weighted by atomic mass is 10.1. The molecular formula is C26H30N5O3+. The van der Waals surface area contributed by atoms with E-state index in [0.29, 0.717) is 34.6 Å². The molecule has 2 aromatic heterocycles. The Morgan fingerprint density at radius 3 is 2.65 bits per heavy atom. The Morgan fingerprint density at radius 1 is 1.06 bits per heavy atom. The number of nitrogens with one attached hydrogen (secondary N) is 2. The number of hydrogen-bond donors (Lipinski definition) is 2. The van der Waals surface area contributed by atoms with Gasteiger partial charge in [-0.25, -0.2) is 14.6 Å². The first-order valence-electron chi connectivity index (χ1n) is 11.8. The summed E-state index contributed by atoms with van der Waals surface area (Å²) in [5.74, 6) is 1.07. The molecule has 8 heteroatoms. The molecule has 4 aromatic rings. The first-order chi connectivity index (χ1) is 16.5. The Kier molecular flexibility index (Phi) is 6.06. The van der Waals surface area contributed by atoms with E-state index in [9.17, 15) is 9.59 Å². The maximum absolute atomic E-state index is 12.9. The predicted octanol–water partition coefficient (Wildman–Crippen LogP) is 3.45. The number of carbonyl (C=O) groups excluding carboxylic acids is 1. The topological polar surface area (TPSA) is 91.1 Å². The van der Waals surface area contributed by atoms with Gasteiger partial charge in [0, 0.05) is 11.1 Å². The molecule has 1 fully saturated rings. The lowest BCUT2D eigenvalue weighted by Gasteiger charge is -2.40. The van der Waals surface area contributed by atoms with Crippen LogP contribution < -0.4 is 15.3 Å². The van der Waals surface area contributed by atoms with Gasteiger partial charge in [-0.3, -0.25) is 9.47 Å². The molecule has 3 heterocycles. The number of benzene rings is 2. The number of aromatic nitrogens is 3. The van der Waals surface area contributed by atoms with Crippen molar-refractivity contribution in [3.8, 4) is 5.75 Å². The average Bonchev–Trinajstić information content (AvgIpc) is 3.21. The third-order valence-corrected chi connectivity index (χ3v) is 6.77. The number of ether oxygens (including phenoxy) is 1. The summed E-state index contributed by atoms with van der Waals surface area (Å²) in [4.78, 5) is 36.6. The van der Waals surface area contributed by atoms with Crippen molar-refractivity contribution in [1.82, 2.24) is 15.0 Å². The minimum Gasteiger partial charge on any atom is -0.494 e. The third-order valence-electron chi connectivity index (χ3n) is 6.77. The number of nitrogens with zero attached hydrogens (tertiary/aromatic N) is 3. The molecule has 0 atom stereocenters. The molecule has 2 N–H and O–H groups in total. The summed E-state index contributed by atoms with van der Waals surface area (Å²) in [6, 6.07) is 18.0. The van der Waals surface area contributed by atoms with Crippen molar-refractivity contribution in [3.05, 3.63) is 65.1 Å². The summed E-state index contributed by atoms with van der Waals surface area (Å²) in [7, 11) is 2.07. The number of imidazole rings is 1.